The lowest BCUT2D eigenvalue weighted by Crippen LogP contribution is -2.17. The first-order valence-electron chi connectivity index (χ1n) is 7.93. The van der Waals surface area contributed by atoms with Crippen molar-refractivity contribution in [1.29, 1.82) is 0 Å². The number of nitrogens with zero attached hydrogens (tertiary/aromatic N) is 3. The van der Waals surface area contributed by atoms with Crippen LogP contribution in [0.2, 0.25) is 0 Å². The van der Waals surface area contributed by atoms with Crippen molar-refractivity contribution in [3.8, 4) is 5.75 Å². The van der Waals surface area contributed by atoms with Crippen LogP contribution in [0, 0.1) is 0 Å². The Balaban J connectivity index is 1.47. The first-order valence-corrected chi connectivity index (χ1v) is 7.93. The lowest BCUT2D eigenvalue weighted by atomic mass is 10.1. The van der Waals surface area contributed by atoms with Gasteiger partial charge in [-0.2, -0.15) is 0 Å². The fourth-order valence-electron chi connectivity index (χ4n) is 2.56. The molecule has 4 rings (SSSR count). The Morgan fingerprint density at radius 2 is 1.64 bits per heavy atom. The summed E-state index contributed by atoms with van der Waals surface area (Å²) < 4.78 is 7.21. The third-order valence-corrected chi connectivity index (χ3v) is 3.89. The molecule has 3 N–H and O–H groups in total. The molecule has 0 atom stereocenters. The number of anilines is 2. The zero-order valence-electron chi connectivity index (χ0n) is 13.5. The Morgan fingerprint density at radius 1 is 0.880 bits per heavy atom. The maximum absolute atomic E-state index is 6.06. The Morgan fingerprint density at radius 3 is 2.48 bits per heavy atom. The fourth-order valence-corrected chi connectivity index (χ4v) is 2.56. The molecule has 0 bridgehead atoms. The van der Waals surface area contributed by atoms with Gasteiger partial charge in [0.15, 0.2) is 5.82 Å². The predicted octanol–water partition coefficient (Wildman–Crippen LogP) is 3.47. The molecule has 0 aliphatic carbocycles. The summed E-state index contributed by atoms with van der Waals surface area (Å²) in [5.74, 6) is 7.81. The van der Waals surface area contributed by atoms with Gasteiger partial charge in [-0.25, -0.2) is 4.68 Å². The molecule has 25 heavy (non-hydrogen) atoms. The van der Waals surface area contributed by atoms with Gasteiger partial charge in [0.2, 0.25) is 5.95 Å². The summed E-state index contributed by atoms with van der Waals surface area (Å²) in [6, 6.07) is 23.8. The molecule has 0 fully saturated rings. The number of ether oxygens (including phenoxy) is 1. The zero-order valence-corrected chi connectivity index (χ0v) is 13.5. The smallest absolute Gasteiger partial charge is 0.247 e. The van der Waals surface area contributed by atoms with Crippen molar-refractivity contribution < 1.29 is 4.74 Å². The van der Waals surface area contributed by atoms with Gasteiger partial charge in [0.05, 0.1) is 0 Å². The molecule has 6 heteroatoms. The largest absolute Gasteiger partial charge is 0.486 e. The quantitative estimate of drug-likeness (QED) is 0.548. The van der Waals surface area contributed by atoms with Crippen LogP contribution < -0.4 is 15.9 Å². The molecule has 0 amide bonds. The molecule has 0 saturated heterocycles. The van der Waals surface area contributed by atoms with E-state index in [9.17, 15) is 0 Å². The average Bonchev–Trinajstić information content (AvgIpc) is 3.00. The fraction of sp³-hybridized carbons (Fsp3) is 0.0526. The minimum absolute atomic E-state index is 0.234. The highest BCUT2D eigenvalue weighted by Gasteiger charge is 2.10. The SMILES string of the molecule is Nn1c(COc2ccc3ccccc3c2)nnc1Nc1ccccc1. The van der Waals surface area contributed by atoms with Crippen molar-refractivity contribution in [3.05, 3.63) is 78.6 Å². The lowest BCUT2D eigenvalue weighted by molar-refractivity contribution is 0.293. The van der Waals surface area contributed by atoms with E-state index >= 15 is 0 Å². The van der Waals surface area contributed by atoms with E-state index in [4.69, 9.17) is 10.6 Å². The number of para-hydroxylation sites is 1. The highest BCUT2D eigenvalue weighted by Crippen LogP contribution is 2.21. The van der Waals surface area contributed by atoms with Crippen LogP contribution in [0.5, 0.6) is 5.75 Å². The maximum Gasteiger partial charge on any atom is 0.247 e. The lowest BCUT2D eigenvalue weighted by Gasteiger charge is -2.08. The molecule has 0 aliphatic rings. The predicted molar refractivity (Wildman–Crippen MR) is 98.2 cm³/mol. The van der Waals surface area contributed by atoms with Gasteiger partial charge in [0, 0.05) is 5.69 Å². The molecule has 0 aliphatic heterocycles. The number of nitrogens with two attached hydrogens (primary N) is 1. The number of fused-ring (bicyclic) bond motifs is 1. The second kappa shape index (κ2) is 6.52. The molecule has 0 saturated carbocycles. The van der Waals surface area contributed by atoms with E-state index in [1.807, 2.05) is 60.7 Å². The summed E-state index contributed by atoms with van der Waals surface area (Å²) in [5, 5.41) is 13.6. The summed E-state index contributed by atoms with van der Waals surface area (Å²) in [7, 11) is 0. The average molecular weight is 331 g/mol. The molecule has 0 spiro atoms. The van der Waals surface area contributed by atoms with E-state index in [2.05, 4.69) is 27.6 Å². The van der Waals surface area contributed by atoms with Gasteiger partial charge in [-0.05, 0) is 35.0 Å². The number of rotatable bonds is 5. The van der Waals surface area contributed by atoms with E-state index in [1.54, 1.807) is 0 Å². The van der Waals surface area contributed by atoms with Gasteiger partial charge >= 0.3 is 0 Å². The van der Waals surface area contributed by atoms with Crippen LogP contribution >= 0.6 is 0 Å². The van der Waals surface area contributed by atoms with Crippen molar-refractivity contribution in [2.75, 3.05) is 11.2 Å². The van der Waals surface area contributed by atoms with Crippen molar-refractivity contribution in [2.45, 2.75) is 6.61 Å². The second-order valence-electron chi connectivity index (χ2n) is 5.60. The highest BCUT2D eigenvalue weighted by atomic mass is 16.5. The molecule has 124 valence electrons. The van der Waals surface area contributed by atoms with Gasteiger partial charge in [0.1, 0.15) is 12.4 Å². The van der Waals surface area contributed by atoms with E-state index < -0.39 is 0 Å². The van der Waals surface area contributed by atoms with Crippen LogP contribution in [0.25, 0.3) is 10.8 Å². The summed E-state index contributed by atoms with van der Waals surface area (Å²) in [5.41, 5.74) is 0.892. The third-order valence-electron chi connectivity index (χ3n) is 3.89. The highest BCUT2D eigenvalue weighted by molar-refractivity contribution is 5.83. The molecule has 3 aromatic carbocycles. The normalized spacial score (nSPS) is 10.7. The van der Waals surface area contributed by atoms with Crippen molar-refractivity contribution in [3.63, 3.8) is 0 Å². The Bertz CT molecular complexity index is 997. The van der Waals surface area contributed by atoms with Crippen LogP contribution in [-0.2, 0) is 6.61 Å². The number of nitrogens with one attached hydrogen (secondary N) is 1. The van der Waals surface area contributed by atoms with Crippen molar-refractivity contribution in [2.24, 2.45) is 0 Å². The summed E-state index contributed by atoms with van der Waals surface area (Å²) in [6.45, 7) is 0.234. The van der Waals surface area contributed by atoms with Crippen LogP contribution in [-0.4, -0.2) is 14.9 Å². The number of hydrogen-bond donors (Lipinski definition) is 2. The molecular weight excluding hydrogens is 314 g/mol. The molecule has 4 aromatic rings. The van der Waals surface area contributed by atoms with Crippen LogP contribution in [0.3, 0.4) is 0 Å². The molecular formula is C19H17N5O. The maximum atomic E-state index is 6.06. The number of nitrogen functional groups attached to an aromatic ring is 1. The molecule has 1 heterocycles. The van der Waals surface area contributed by atoms with E-state index in [1.165, 1.54) is 10.1 Å². The molecule has 1 aromatic heterocycles. The van der Waals surface area contributed by atoms with E-state index in [0.717, 1.165) is 16.8 Å². The topological polar surface area (TPSA) is 78.0 Å². The third kappa shape index (κ3) is 3.23. The molecule has 0 unspecified atom stereocenters. The summed E-state index contributed by atoms with van der Waals surface area (Å²) in [4.78, 5) is 0. The Kier molecular flexibility index (Phi) is 3.92. The summed E-state index contributed by atoms with van der Waals surface area (Å²) in [6.07, 6.45) is 0. The number of hydrogen-bond acceptors (Lipinski definition) is 5. The van der Waals surface area contributed by atoms with Gasteiger partial charge in [-0.1, -0.05) is 48.5 Å². The first kappa shape index (κ1) is 15.0. The molecule has 6 nitrogen and oxygen atoms in total. The Hall–Kier alpha value is -3.54. The van der Waals surface area contributed by atoms with Crippen molar-refractivity contribution in [1.82, 2.24) is 14.9 Å². The van der Waals surface area contributed by atoms with Gasteiger partial charge < -0.3 is 15.9 Å². The minimum atomic E-state index is 0.234. The van der Waals surface area contributed by atoms with E-state index in [-0.39, 0.29) is 6.61 Å². The number of aromatic nitrogens is 3. The van der Waals surface area contributed by atoms with Crippen molar-refractivity contribution >= 4 is 22.4 Å². The monoisotopic (exact) mass is 331 g/mol. The summed E-state index contributed by atoms with van der Waals surface area (Å²) >= 11 is 0. The number of benzene rings is 3. The van der Waals surface area contributed by atoms with Crippen LogP contribution in [0.15, 0.2) is 72.8 Å². The van der Waals surface area contributed by atoms with Gasteiger partial charge in [-0.3, -0.25) is 0 Å². The first-order chi connectivity index (χ1) is 12.3. The minimum Gasteiger partial charge on any atom is -0.486 e. The Labute approximate surface area is 144 Å². The van der Waals surface area contributed by atoms with Gasteiger partial charge in [0.25, 0.3) is 0 Å². The van der Waals surface area contributed by atoms with Crippen LogP contribution in [0.1, 0.15) is 5.82 Å². The zero-order chi connectivity index (χ0) is 17.1. The van der Waals surface area contributed by atoms with Gasteiger partial charge in [-0.15, -0.1) is 10.2 Å². The second-order valence-corrected chi connectivity index (χ2v) is 5.60. The van der Waals surface area contributed by atoms with E-state index in [0.29, 0.717) is 11.8 Å². The molecule has 0 radical (unpaired) electrons. The standard InChI is InChI=1S/C19H17N5O/c20-24-18(22-23-19(24)21-16-8-2-1-3-9-16)13-25-17-11-10-14-6-4-5-7-15(14)12-17/h1-12H,13,20H2,(H,21,23). The van der Waals surface area contributed by atoms with Crippen LogP contribution in [0.4, 0.5) is 11.6 Å².